The minimum absolute atomic E-state index is 0.0883. The van der Waals surface area contributed by atoms with Crippen molar-refractivity contribution in [2.24, 2.45) is 0 Å². The van der Waals surface area contributed by atoms with Crippen molar-refractivity contribution in [1.82, 2.24) is 4.98 Å². The third-order valence-corrected chi connectivity index (χ3v) is 3.40. The second kappa shape index (κ2) is 6.47. The quantitative estimate of drug-likeness (QED) is 0.797. The van der Waals surface area contributed by atoms with Crippen LogP contribution in [0.15, 0.2) is 5.38 Å². The molecule has 0 saturated carbocycles. The van der Waals surface area contributed by atoms with Crippen molar-refractivity contribution in [1.29, 1.82) is 0 Å². The molecule has 1 rings (SSSR count). The van der Waals surface area contributed by atoms with E-state index in [1.165, 1.54) is 0 Å². The highest BCUT2D eigenvalue weighted by Gasteiger charge is 2.18. The van der Waals surface area contributed by atoms with E-state index in [0.717, 1.165) is 10.7 Å². The van der Waals surface area contributed by atoms with Crippen LogP contribution in [0.5, 0.6) is 0 Å². The Balaban J connectivity index is 2.43. The van der Waals surface area contributed by atoms with E-state index in [0.29, 0.717) is 26.1 Å². The lowest BCUT2D eigenvalue weighted by atomic mass is 9.93. The van der Waals surface area contributed by atoms with Crippen LogP contribution in [0.1, 0.15) is 44.8 Å². The van der Waals surface area contributed by atoms with Gasteiger partial charge in [-0.1, -0.05) is 20.8 Å². The fourth-order valence-corrected chi connectivity index (χ4v) is 2.51. The summed E-state index contributed by atoms with van der Waals surface area (Å²) in [6, 6.07) is 0. The number of thiazole rings is 1. The number of nitrogens with zero attached hydrogens (tertiary/aromatic N) is 1. The molecule has 98 valence electrons. The van der Waals surface area contributed by atoms with Crippen molar-refractivity contribution in [2.75, 3.05) is 13.2 Å². The Morgan fingerprint density at radius 3 is 2.71 bits per heavy atom. The van der Waals surface area contributed by atoms with Crippen molar-refractivity contribution in [3.05, 3.63) is 16.1 Å². The van der Waals surface area contributed by atoms with Gasteiger partial charge in [0.2, 0.25) is 0 Å². The van der Waals surface area contributed by atoms with Crippen molar-refractivity contribution in [3.63, 3.8) is 0 Å². The summed E-state index contributed by atoms with van der Waals surface area (Å²) in [5.74, 6) is 0. The van der Waals surface area contributed by atoms with Crippen LogP contribution in [-0.4, -0.2) is 29.4 Å². The highest BCUT2D eigenvalue weighted by atomic mass is 32.1. The predicted molar refractivity (Wildman–Crippen MR) is 71.6 cm³/mol. The maximum Gasteiger partial charge on any atom is 0.0954 e. The average Bonchev–Trinajstić information content (AvgIpc) is 2.66. The summed E-state index contributed by atoms with van der Waals surface area (Å²) in [5, 5.41) is 12.9. The topological polar surface area (TPSA) is 42.4 Å². The molecule has 0 aliphatic carbocycles. The third kappa shape index (κ3) is 5.15. The number of hydrogen-bond donors (Lipinski definition) is 1. The average molecular weight is 257 g/mol. The first-order chi connectivity index (χ1) is 7.93. The highest BCUT2D eigenvalue weighted by molar-refractivity contribution is 7.09. The van der Waals surface area contributed by atoms with Gasteiger partial charge >= 0.3 is 0 Å². The second-order valence-corrected chi connectivity index (χ2v) is 6.16. The molecule has 1 unspecified atom stereocenters. The first-order valence-electron chi connectivity index (χ1n) is 6.14. The van der Waals surface area contributed by atoms with E-state index in [1.54, 1.807) is 11.3 Å². The fourth-order valence-electron chi connectivity index (χ4n) is 1.42. The number of rotatable bonds is 6. The molecule has 0 amide bonds. The summed E-state index contributed by atoms with van der Waals surface area (Å²) in [7, 11) is 0. The molecule has 0 bridgehead atoms. The van der Waals surface area contributed by atoms with Gasteiger partial charge in [-0.3, -0.25) is 0 Å². The van der Waals surface area contributed by atoms with Crippen LogP contribution in [0.2, 0.25) is 0 Å². The lowest BCUT2D eigenvalue weighted by Crippen LogP contribution is -2.15. The Hall–Kier alpha value is -0.450. The van der Waals surface area contributed by atoms with E-state index >= 15 is 0 Å². The zero-order valence-electron chi connectivity index (χ0n) is 11.2. The van der Waals surface area contributed by atoms with Gasteiger partial charge in [-0.15, -0.1) is 11.3 Å². The van der Waals surface area contributed by atoms with Gasteiger partial charge in [0.25, 0.3) is 0 Å². The number of hydrogen-bond acceptors (Lipinski definition) is 4. The minimum Gasteiger partial charge on any atom is -0.393 e. The molecule has 0 saturated heterocycles. The molecule has 17 heavy (non-hydrogen) atoms. The molecule has 1 aromatic rings. The van der Waals surface area contributed by atoms with Crippen LogP contribution in [0.25, 0.3) is 0 Å². The van der Waals surface area contributed by atoms with Gasteiger partial charge in [0, 0.05) is 30.4 Å². The first-order valence-corrected chi connectivity index (χ1v) is 7.02. The first kappa shape index (κ1) is 14.6. The number of ether oxygens (including phenoxy) is 1. The normalized spacial score (nSPS) is 13.9. The summed E-state index contributed by atoms with van der Waals surface area (Å²) < 4.78 is 5.22. The van der Waals surface area contributed by atoms with E-state index in [1.807, 2.05) is 6.92 Å². The minimum atomic E-state index is -0.347. The van der Waals surface area contributed by atoms with E-state index in [9.17, 15) is 5.11 Å². The summed E-state index contributed by atoms with van der Waals surface area (Å²) in [4.78, 5) is 4.57. The molecule has 1 N–H and O–H groups in total. The molecule has 0 aliphatic heterocycles. The second-order valence-electron chi connectivity index (χ2n) is 5.22. The van der Waals surface area contributed by atoms with E-state index in [-0.39, 0.29) is 11.5 Å². The van der Waals surface area contributed by atoms with Crippen molar-refractivity contribution in [2.45, 2.75) is 52.1 Å². The van der Waals surface area contributed by atoms with Crippen LogP contribution in [-0.2, 0) is 16.6 Å². The van der Waals surface area contributed by atoms with Gasteiger partial charge in [-0.2, -0.15) is 0 Å². The molecule has 1 heterocycles. The zero-order chi connectivity index (χ0) is 12.9. The van der Waals surface area contributed by atoms with E-state index < -0.39 is 0 Å². The van der Waals surface area contributed by atoms with Gasteiger partial charge in [-0.05, 0) is 13.3 Å². The molecule has 0 fully saturated rings. The van der Waals surface area contributed by atoms with E-state index in [4.69, 9.17) is 4.74 Å². The maximum atomic E-state index is 9.83. The molecule has 0 aliphatic rings. The van der Waals surface area contributed by atoms with E-state index in [2.05, 4.69) is 31.1 Å². The fraction of sp³-hybridized carbons (Fsp3) is 0.769. The smallest absolute Gasteiger partial charge is 0.0954 e. The van der Waals surface area contributed by atoms with Crippen LogP contribution in [0.4, 0.5) is 0 Å². The van der Waals surface area contributed by atoms with Gasteiger partial charge in [-0.25, -0.2) is 4.98 Å². The Morgan fingerprint density at radius 1 is 1.47 bits per heavy atom. The van der Waals surface area contributed by atoms with Gasteiger partial charge in [0.15, 0.2) is 0 Å². The maximum absolute atomic E-state index is 9.83. The predicted octanol–water partition coefficient (Wildman–Crippen LogP) is 2.77. The molecule has 1 atom stereocenters. The summed E-state index contributed by atoms with van der Waals surface area (Å²) >= 11 is 1.63. The largest absolute Gasteiger partial charge is 0.393 e. The Morgan fingerprint density at radius 2 is 2.18 bits per heavy atom. The summed E-state index contributed by atoms with van der Waals surface area (Å²) in [6.07, 6.45) is 0.965. The summed E-state index contributed by atoms with van der Waals surface area (Å²) in [5.41, 5.74) is 1.19. The van der Waals surface area contributed by atoms with Crippen LogP contribution in [0, 0.1) is 0 Å². The van der Waals surface area contributed by atoms with Crippen molar-refractivity contribution < 1.29 is 9.84 Å². The number of aliphatic hydroxyl groups is 1. The summed E-state index contributed by atoms with van der Waals surface area (Å²) in [6.45, 7) is 9.74. The van der Waals surface area contributed by atoms with Crippen LogP contribution in [0.3, 0.4) is 0 Å². The molecular weight excluding hydrogens is 234 g/mol. The Bertz CT molecular complexity index is 330. The molecule has 0 radical (unpaired) electrons. The monoisotopic (exact) mass is 257 g/mol. The lowest BCUT2D eigenvalue weighted by molar-refractivity contribution is 0.0886. The Labute approximate surface area is 108 Å². The lowest BCUT2D eigenvalue weighted by Gasteiger charge is -2.14. The van der Waals surface area contributed by atoms with Gasteiger partial charge in [0.05, 0.1) is 16.8 Å². The molecular formula is C13H23NO2S. The molecule has 4 heteroatoms. The Kier molecular flexibility index (Phi) is 5.56. The highest BCUT2D eigenvalue weighted by Crippen LogP contribution is 2.24. The van der Waals surface area contributed by atoms with Crippen molar-refractivity contribution >= 4 is 11.3 Å². The molecule has 0 aromatic carbocycles. The standard InChI is InChI=1S/C13H23NO2S/c1-5-16-7-6-10(15)8-12-14-11(9-17-12)13(2,3)4/h9-10,15H,5-8H2,1-4H3. The van der Waals surface area contributed by atoms with Crippen LogP contribution >= 0.6 is 11.3 Å². The SMILES string of the molecule is CCOCCC(O)Cc1nc(C(C)(C)C)cs1. The molecule has 3 nitrogen and oxygen atoms in total. The number of aromatic nitrogens is 1. The zero-order valence-corrected chi connectivity index (χ0v) is 12.0. The van der Waals surface area contributed by atoms with Crippen molar-refractivity contribution in [3.8, 4) is 0 Å². The van der Waals surface area contributed by atoms with Gasteiger partial charge < -0.3 is 9.84 Å². The van der Waals surface area contributed by atoms with Crippen LogP contribution < -0.4 is 0 Å². The van der Waals surface area contributed by atoms with Gasteiger partial charge in [0.1, 0.15) is 0 Å². The molecule has 1 aromatic heterocycles. The number of aliphatic hydroxyl groups excluding tert-OH is 1. The molecule has 0 spiro atoms. The third-order valence-electron chi connectivity index (χ3n) is 2.53.